The first-order valence-corrected chi connectivity index (χ1v) is 8.57. The Morgan fingerprint density at radius 3 is 2.58 bits per heavy atom. The molecule has 0 spiro atoms. The molecule has 0 atom stereocenters. The summed E-state index contributed by atoms with van der Waals surface area (Å²) in [5.41, 5.74) is 1.13. The Balaban J connectivity index is 1.79. The van der Waals surface area contributed by atoms with E-state index in [9.17, 15) is 14.0 Å². The lowest BCUT2D eigenvalue weighted by molar-refractivity contribution is -0.121. The lowest BCUT2D eigenvalue weighted by Gasteiger charge is -2.12. The third-order valence-electron chi connectivity index (χ3n) is 3.81. The SMILES string of the molecule is COc1cc(/C=C2\SC(=O)N(C)C2=O)ccc1OCc1ccccc1F. The predicted molar refractivity (Wildman–Crippen MR) is 97.5 cm³/mol. The number of rotatable bonds is 5. The number of carbonyl (C=O) groups is 2. The van der Waals surface area contributed by atoms with Gasteiger partial charge in [-0.15, -0.1) is 0 Å². The Bertz CT molecular complexity index is 897. The van der Waals surface area contributed by atoms with Gasteiger partial charge in [0.15, 0.2) is 11.5 Å². The highest BCUT2D eigenvalue weighted by molar-refractivity contribution is 8.18. The Morgan fingerprint density at radius 1 is 1.15 bits per heavy atom. The summed E-state index contributed by atoms with van der Waals surface area (Å²) in [4.78, 5) is 24.9. The number of likely N-dealkylation sites (N-methyl/N-ethyl adjacent to an activating group) is 1. The summed E-state index contributed by atoms with van der Waals surface area (Å²) in [6.07, 6.45) is 1.62. The maximum atomic E-state index is 13.7. The van der Waals surface area contributed by atoms with Gasteiger partial charge in [-0.25, -0.2) is 4.39 Å². The molecular weight excluding hydrogens is 357 g/mol. The largest absolute Gasteiger partial charge is 0.493 e. The molecule has 1 heterocycles. The van der Waals surface area contributed by atoms with Crippen molar-refractivity contribution in [2.24, 2.45) is 0 Å². The van der Waals surface area contributed by atoms with Gasteiger partial charge in [0, 0.05) is 12.6 Å². The molecule has 0 bridgehead atoms. The molecule has 134 valence electrons. The highest BCUT2D eigenvalue weighted by Gasteiger charge is 2.31. The average Bonchev–Trinajstić information content (AvgIpc) is 2.88. The summed E-state index contributed by atoms with van der Waals surface area (Å²) in [7, 11) is 2.94. The van der Waals surface area contributed by atoms with E-state index in [1.807, 2.05) is 0 Å². The molecule has 0 aromatic heterocycles. The van der Waals surface area contributed by atoms with Crippen molar-refractivity contribution in [2.75, 3.05) is 14.2 Å². The Morgan fingerprint density at radius 2 is 1.92 bits per heavy atom. The van der Waals surface area contributed by atoms with Gasteiger partial charge in [0.2, 0.25) is 0 Å². The Labute approximate surface area is 154 Å². The van der Waals surface area contributed by atoms with E-state index in [0.717, 1.165) is 16.7 Å². The molecule has 1 aliphatic heterocycles. The van der Waals surface area contributed by atoms with Gasteiger partial charge in [-0.05, 0) is 41.6 Å². The number of carbonyl (C=O) groups excluding carboxylic acids is 2. The van der Waals surface area contributed by atoms with Gasteiger partial charge in [0.25, 0.3) is 11.1 Å². The topological polar surface area (TPSA) is 55.8 Å². The van der Waals surface area contributed by atoms with E-state index in [4.69, 9.17) is 9.47 Å². The fourth-order valence-electron chi connectivity index (χ4n) is 2.36. The van der Waals surface area contributed by atoms with Crippen molar-refractivity contribution in [1.82, 2.24) is 4.90 Å². The smallest absolute Gasteiger partial charge is 0.293 e. The van der Waals surface area contributed by atoms with Crippen LogP contribution in [0.5, 0.6) is 11.5 Å². The van der Waals surface area contributed by atoms with Crippen LogP contribution in [0.1, 0.15) is 11.1 Å². The van der Waals surface area contributed by atoms with E-state index < -0.39 is 0 Å². The molecule has 0 radical (unpaired) electrons. The quantitative estimate of drug-likeness (QED) is 0.739. The molecule has 1 fully saturated rings. The van der Waals surface area contributed by atoms with Crippen LogP contribution in [0.25, 0.3) is 6.08 Å². The van der Waals surface area contributed by atoms with Gasteiger partial charge >= 0.3 is 0 Å². The first kappa shape index (κ1) is 18.0. The van der Waals surface area contributed by atoms with Crippen LogP contribution in [0.3, 0.4) is 0 Å². The highest BCUT2D eigenvalue weighted by Crippen LogP contribution is 2.34. The molecule has 0 N–H and O–H groups in total. The molecule has 1 aliphatic rings. The Kier molecular flexibility index (Phi) is 5.27. The third-order valence-corrected chi connectivity index (χ3v) is 4.77. The first-order valence-electron chi connectivity index (χ1n) is 7.75. The fourth-order valence-corrected chi connectivity index (χ4v) is 3.19. The van der Waals surface area contributed by atoms with Gasteiger partial charge in [-0.1, -0.05) is 24.3 Å². The monoisotopic (exact) mass is 373 g/mol. The summed E-state index contributed by atoms with van der Waals surface area (Å²) in [5, 5.41) is -0.307. The van der Waals surface area contributed by atoms with Crippen molar-refractivity contribution in [3.63, 3.8) is 0 Å². The summed E-state index contributed by atoms with van der Waals surface area (Å²) in [6.45, 7) is 0.0666. The molecule has 2 aromatic rings. The minimum absolute atomic E-state index is 0.0666. The molecule has 1 saturated heterocycles. The van der Waals surface area contributed by atoms with E-state index in [1.54, 1.807) is 42.5 Å². The van der Waals surface area contributed by atoms with Gasteiger partial charge in [-0.3, -0.25) is 14.5 Å². The zero-order valence-corrected chi connectivity index (χ0v) is 15.0. The molecule has 0 aliphatic carbocycles. The van der Waals surface area contributed by atoms with Crippen LogP contribution in [0.2, 0.25) is 0 Å². The predicted octanol–water partition coefficient (Wildman–Crippen LogP) is 4.08. The van der Waals surface area contributed by atoms with Crippen LogP contribution in [0, 0.1) is 5.82 Å². The van der Waals surface area contributed by atoms with Crippen molar-refractivity contribution in [1.29, 1.82) is 0 Å². The minimum atomic E-state index is -0.335. The molecule has 0 saturated carbocycles. The van der Waals surface area contributed by atoms with Crippen LogP contribution < -0.4 is 9.47 Å². The van der Waals surface area contributed by atoms with Crippen LogP contribution in [-0.4, -0.2) is 30.2 Å². The minimum Gasteiger partial charge on any atom is -0.493 e. The second-order valence-corrected chi connectivity index (χ2v) is 6.52. The second-order valence-electron chi connectivity index (χ2n) is 5.53. The summed E-state index contributed by atoms with van der Waals surface area (Å²) in [5.74, 6) is 0.236. The third kappa shape index (κ3) is 3.72. The van der Waals surface area contributed by atoms with Crippen molar-refractivity contribution >= 4 is 29.0 Å². The number of hydrogen-bond donors (Lipinski definition) is 0. The van der Waals surface area contributed by atoms with E-state index in [2.05, 4.69) is 0 Å². The van der Waals surface area contributed by atoms with E-state index in [1.165, 1.54) is 20.2 Å². The average molecular weight is 373 g/mol. The highest BCUT2D eigenvalue weighted by atomic mass is 32.2. The first-order chi connectivity index (χ1) is 12.5. The van der Waals surface area contributed by atoms with Crippen molar-refractivity contribution in [2.45, 2.75) is 6.61 Å². The van der Waals surface area contributed by atoms with Crippen molar-refractivity contribution < 1.29 is 23.5 Å². The zero-order chi connectivity index (χ0) is 18.7. The van der Waals surface area contributed by atoms with E-state index in [-0.39, 0.29) is 23.6 Å². The number of imide groups is 1. The number of amides is 2. The maximum absolute atomic E-state index is 13.7. The molecular formula is C19H16FNO4S. The Hall–Kier alpha value is -2.80. The normalized spacial score (nSPS) is 15.7. The van der Waals surface area contributed by atoms with Crippen molar-refractivity contribution in [3.05, 3.63) is 64.3 Å². The summed E-state index contributed by atoms with van der Waals surface area (Å²) >= 11 is 0.888. The van der Waals surface area contributed by atoms with Gasteiger partial charge in [0.1, 0.15) is 12.4 Å². The maximum Gasteiger partial charge on any atom is 0.293 e. The zero-order valence-electron chi connectivity index (χ0n) is 14.2. The molecule has 26 heavy (non-hydrogen) atoms. The lowest BCUT2D eigenvalue weighted by Crippen LogP contribution is -2.22. The standard InChI is InChI=1S/C19H16FNO4S/c1-21-18(22)17(26-19(21)23)10-12-7-8-15(16(9-12)24-2)25-11-13-5-3-4-6-14(13)20/h3-10H,11H2,1-2H3/b17-10-. The molecule has 5 nitrogen and oxygen atoms in total. The second kappa shape index (κ2) is 7.61. The van der Waals surface area contributed by atoms with E-state index >= 15 is 0 Å². The van der Waals surface area contributed by atoms with Crippen LogP contribution in [-0.2, 0) is 11.4 Å². The van der Waals surface area contributed by atoms with Crippen molar-refractivity contribution in [3.8, 4) is 11.5 Å². The number of methoxy groups -OCH3 is 1. The number of ether oxygens (including phenoxy) is 2. The molecule has 2 amide bonds. The number of hydrogen-bond acceptors (Lipinski definition) is 5. The molecule has 0 unspecified atom stereocenters. The van der Waals surface area contributed by atoms with E-state index in [0.29, 0.717) is 27.5 Å². The van der Waals surface area contributed by atoms with Gasteiger partial charge in [-0.2, -0.15) is 0 Å². The van der Waals surface area contributed by atoms with Crippen LogP contribution >= 0.6 is 11.8 Å². The molecule has 2 aromatic carbocycles. The lowest BCUT2D eigenvalue weighted by atomic mass is 10.1. The molecule has 7 heteroatoms. The summed E-state index contributed by atoms with van der Waals surface area (Å²) < 4.78 is 24.7. The fraction of sp³-hybridized carbons (Fsp3) is 0.158. The molecule has 3 rings (SSSR count). The van der Waals surface area contributed by atoms with Crippen LogP contribution in [0.4, 0.5) is 9.18 Å². The number of thioether (sulfide) groups is 1. The van der Waals surface area contributed by atoms with Crippen LogP contribution in [0.15, 0.2) is 47.4 Å². The summed E-state index contributed by atoms with van der Waals surface area (Å²) in [6, 6.07) is 11.5. The van der Waals surface area contributed by atoms with Gasteiger partial charge < -0.3 is 9.47 Å². The number of halogens is 1. The number of nitrogens with zero attached hydrogens (tertiary/aromatic N) is 1. The number of benzene rings is 2. The van der Waals surface area contributed by atoms with Gasteiger partial charge in [0.05, 0.1) is 12.0 Å².